The summed E-state index contributed by atoms with van der Waals surface area (Å²) < 4.78 is 0. The van der Waals surface area contributed by atoms with Crippen LogP contribution in [0.3, 0.4) is 0 Å². The summed E-state index contributed by atoms with van der Waals surface area (Å²) in [5, 5.41) is 3.79. The van der Waals surface area contributed by atoms with Gasteiger partial charge in [0.05, 0.1) is 15.6 Å². The third kappa shape index (κ3) is 3.66. The summed E-state index contributed by atoms with van der Waals surface area (Å²) in [6.07, 6.45) is 0. The van der Waals surface area contributed by atoms with Gasteiger partial charge in [-0.1, -0.05) is 41.4 Å². The minimum Gasteiger partial charge on any atom is -0.348 e. The van der Waals surface area contributed by atoms with Crippen LogP contribution < -0.4 is 5.32 Å². The van der Waals surface area contributed by atoms with E-state index in [1.165, 1.54) is 0 Å². The molecule has 5 heteroatoms. The number of benzene rings is 2. The minimum atomic E-state index is -0.170. The zero-order valence-corrected chi connectivity index (χ0v) is 12.3. The lowest BCUT2D eigenvalue weighted by molar-refractivity contribution is 0.0948. The van der Waals surface area contributed by atoms with Crippen molar-refractivity contribution in [1.82, 2.24) is 5.32 Å². The fourth-order valence-electron chi connectivity index (χ4n) is 1.59. The highest BCUT2D eigenvalue weighted by Crippen LogP contribution is 2.22. The summed E-state index contributed by atoms with van der Waals surface area (Å²) in [4.78, 5) is 12.6. The van der Waals surface area contributed by atoms with E-state index in [1.54, 1.807) is 30.3 Å². The summed E-state index contributed by atoms with van der Waals surface area (Å²) in [7, 11) is 0. The highest BCUT2D eigenvalue weighted by molar-refractivity contribution is 7.80. The molecule has 0 saturated heterocycles. The fourth-order valence-corrected chi connectivity index (χ4v) is 2.18. The predicted molar refractivity (Wildman–Crippen MR) is 81.3 cm³/mol. The van der Waals surface area contributed by atoms with Crippen molar-refractivity contribution in [2.75, 3.05) is 0 Å². The van der Waals surface area contributed by atoms with Crippen LogP contribution in [0.5, 0.6) is 0 Å². The summed E-state index contributed by atoms with van der Waals surface area (Å²) >= 11 is 16.0. The highest BCUT2D eigenvalue weighted by atomic mass is 35.5. The average Bonchev–Trinajstić information content (AvgIpc) is 2.40. The van der Waals surface area contributed by atoms with Crippen molar-refractivity contribution < 1.29 is 4.79 Å². The van der Waals surface area contributed by atoms with Gasteiger partial charge in [-0.15, -0.1) is 12.6 Å². The van der Waals surface area contributed by atoms with Gasteiger partial charge in [0, 0.05) is 11.4 Å². The normalized spacial score (nSPS) is 10.3. The molecule has 2 rings (SSSR count). The molecule has 0 radical (unpaired) electrons. The zero-order valence-electron chi connectivity index (χ0n) is 9.86. The molecule has 0 saturated carbocycles. The van der Waals surface area contributed by atoms with Crippen LogP contribution in [0, 0.1) is 0 Å². The van der Waals surface area contributed by atoms with Crippen molar-refractivity contribution in [2.24, 2.45) is 0 Å². The van der Waals surface area contributed by atoms with Crippen molar-refractivity contribution in [1.29, 1.82) is 0 Å². The maximum atomic E-state index is 12.0. The number of hydrogen-bond acceptors (Lipinski definition) is 2. The summed E-state index contributed by atoms with van der Waals surface area (Å²) in [5.74, 6) is -0.170. The van der Waals surface area contributed by atoms with Gasteiger partial charge in [-0.2, -0.15) is 0 Å². The molecule has 1 amide bonds. The zero-order chi connectivity index (χ0) is 13.8. The van der Waals surface area contributed by atoms with E-state index in [4.69, 9.17) is 23.2 Å². The quantitative estimate of drug-likeness (QED) is 0.817. The second-order valence-corrected chi connectivity index (χ2v) is 5.24. The average molecular weight is 312 g/mol. The van der Waals surface area contributed by atoms with E-state index in [1.807, 2.05) is 12.1 Å². The molecule has 0 unspecified atom stereocenters. The molecule has 2 nitrogen and oxygen atoms in total. The van der Waals surface area contributed by atoms with Crippen LogP contribution in [0.15, 0.2) is 47.4 Å². The smallest absolute Gasteiger partial charge is 0.252 e. The van der Waals surface area contributed by atoms with Crippen molar-refractivity contribution in [3.63, 3.8) is 0 Å². The molecule has 0 aromatic heterocycles. The van der Waals surface area contributed by atoms with Gasteiger partial charge in [-0.25, -0.2) is 0 Å². The molecular formula is C14H11Cl2NOS. The van der Waals surface area contributed by atoms with Gasteiger partial charge >= 0.3 is 0 Å². The molecule has 0 aliphatic heterocycles. The van der Waals surface area contributed by atoms with E-state index in [0.717, 1.165) is 5.56 Å². The second-order valence-electron chi connectivity index (χ2n) is 3.95. The Bertz CT molecular complexity index is 616. The lowest BCUT2D eigenvalue weighted by atomic mass is 10.2. The van der Waals surface area contributed by atoms with Crippen LogP contribution in [-0.2, 0) is 6.54 Å². The summed E-state index contributed by atoms with van der Waals surface area (Å²) in [6, 6.07) is 12.4. The molecule has 2 aromatic carbocycles. The van der Waals surface area contributed by atoms with E-state index in [2.05, 4.69) is 17.9 Å². The first-order valence-corrected chi connectivity index (χ1v) is 6.78. The summed E-state index contributed by atoms with van der Waals surface area (Å²) in [5.41, 5.74) is 1.44. The number of amides is 1. The van der Waals surface area contributed by atoms with Crippen molar-refractivity contribution in [3.8, 4) is 0 Å². The Kier molecular flexibility index (Phi) is 4.75. The lowest BCUT2D eigenvalue weighted by Crippen LogP contribution is -2.23. The van der Waals surface area contributed by atoms with Gasteiger partial charge in [0.25, 0.3) is 5.91 Å². The third-order valence-electron chi connectivity index (χ3n) is 2.59. The first kappa shape index (κ1) is 14.3. The van der Waals surface area contributed by atoms with E-state index in [-0.39, 0.29) is 5.91 Å². The molecule has 0 atom stereocenters. The standard InChI is InChI=1S/C14H11Cl2NOS/c15-11-6-5-9(7-12(11)16)8-17-14(18)10-3-1-2-4-13(10)19/h1-7,19H,8H2,(H,17,18). The van der Waals surface area contributed by atoms with Crippen LogP contribution in [0.2, 0.25) is 10.0 Å². The SMILES string of the molecule is O=C(NCc1ccc(Cl)c(Cl)c1)c1ccccc1S. The molecule has 2 aromatic rings. The number of carbonyl (C=O) groups excluding carboxylic acids is 1. The molecule has 0 spiro atoms. The first-order valence-electron chi connectivity index (χ1n) is 5.58. The number of thiol groups is 1. The Morgan fingerprint density at radius 3 is 2.53 bits per heavy atom. The van der Waals surface area contributed by atoms with Crippen LogP contribution in [0.25, 0.3) is 0 Å². The first-order chi connectivity index (χ1) is 9.08. The van der Waals surface area contributed by atoms with Gasteiger partial charge < -0.3 is 5.32 Å². The molecular weight excluding hydrogens is 301 g/mol. The number of nitrogens with one attached hydrogen (secondary N) is 1. The molecule has 19 heavy (non-hydrogen) atoms. The number of hydrogen-bond donors (Lipinski definition) is 2. The van der Waals surface area contributed by atoms with E-state index in [9.17, 15) is 4.79 Å². The highest BCUT2D eigenvalue weighted by Gasteiger charge is 2.08. The molecule has 0 aliphatic rings. The minimum absolute atomic E-state index is 0.170. The topological polar surface area (TPSA) is 29.1 Å². The van der Waals surface area contributed by atoms with Gasteiger partial charge in [0.1, 0.15) is 0 Å². The Labute approximate surface area is 127 Å². The molecule has 0 heterocycles. The van der Waals surface area contributed by atoms with E-state index >= 15 is 0 Å². The van der Waals surface area contributed by atoms with E-state index in [0.29, 0.717) is 27.0 Å². The third-order valence-corrected chi connectivity index (χ3v) is 3.71. The van der Waals surface area contributed by atoms with Crippen molar-refractivity contribution in [3.05, 3.63) is 63.6 Å². The van der Waals surface area contributed by atoms with Crippen LogP contribution in [0.1, 0.15) is 15.9 Å². The number of carbonyl (C=O) groups is 1. The Morgan fingerprint density at radius 2 is 1.84 bits per heavy atom. The van der Waals surface area contributed by atoms with Gasteiger partial charge in [0.15, 0.2) is 0 Å². The van der Waals surface area contributed by atoms with Crippen LogP contribution >= 0.6 is 35.8 Å². The van der Waals surface area contributed by atoms with Crippen LogP contribution in [-0.4, -0.2) is 5.91 Å². The Hall–Kier alpha value is -1.16. The maximum absolute atomic E-state index is 12.0. The van der Waals surface area contributed by atoms with E-state index < -0.39 is 0 Å². The van der Waals surface area contributed by atoms with Crippen LogP contribution in [0.4, 0.5) is 0 Å². The summed E-state index contributed by atoms with van der Waals surface area (Å²) in [6.45, 7) is 0.387. The Balaban J connectivity index is 2.04. The number of halogens is 2. The van der Waals surface area contributed by atoms with Crippen molar-refractivity contribution >= 4 is 41.7 Å². The van der Waals surface area contributed by atoms with Gasteiger partial charge in [-0.05, 0) is 29.8 Å². The molecule has 0 bridgehead atoms. The second kappa shape index (κ2) is 6.33. The fraction of sp³-hybridized carbons (Fsp3) is 0.0714. The maximum Gasteiger partial charge on any atom is 0.252 e. The number of rotatable bonds is 3. The van der Waals surface area contributed by atoms with Gasteiger partial charge in [0.2, 0.25) is 0 Å². The monoisotopic (exact) mass is 311 g/mol. The molecule has 0 aliphatic carbocycles. The molecule has 0 fully saturated rings. The van der Waals surface area contributed by atoms with Crippen molar-refractivity contribution in [2.45, 2.75) is 11.4 Å². The largest absolute Gasteiger partial charge is 0.348 e. The lowest BCUT2D eigenvalue weighted by Gasteiger charge is -2.08. The predicted octanol–water partition coefficient (Wildman–Crippen LogP) is 4.21. The molecule has 98 valence electrons. The van der Waals surface area contributed by atoms with Gasteiger partial charge in [-0.3, -0.25) is 4.79 Å². The molecule has 1 N–H and O–H groups in total. The Morgan fingerprint density at radius 1 is 1.11 bits per heavy atom.